The quantitative estimate of drug-likeness (QED) is 0.0262. The van der Waals surface area contributed by atoms with E-state index in [2.05, 4.69) is 16.4 Å². The number of carboxylic acids is 1. The van der Waals surface area contributed by atoms with E-state index in [4.69, 9.17) is 34.6 Å². The average Bonchev–Trinajstić information content (AvgIpc) is 0.717. The first-order valence-electron chi connectivity index (χ1n) is 27.8. The van der Waals surface area contributed by atoms with Crippen LogP contribution < -0.4 is 0 Å². The van der Waals surface area contributed by atoms with Crippen LogP contribution in [-0.2, 0) is 52.2 Å². The van der Waals surface area contributed by atoms with E-state index in [1.807, 2.05) is 14.2 Å². The van der Waals surface area contributed by atoms with E-state index in [0.717, 1.165) is 45.5 Å². The van der Waals surface area contributed by atoms with Crippen molar-refractivity contribution in [3.05, 3.63) is 0 Å². The van der Waals surface area contributed by atoms with E-state index in [0.29, 0.717) is 30.4 Å². The molecule has 0 aromatic heterocycles. The summed E-state index contributed by atoms with van der Waals surface area (Å²) in [4.78, 5) is 22.5. The van der Waals surface area contributed by atoms with Crippen LogP contribution in [0.4, 0.5) is 228 Å². The molecular weight excluding hydrogens is 1940 g/mol. The number of aliphatic hydroxyl groups excluding tert-OH is 1. The van der Waals surface area contributed by atoms with Crippen molar-refractivity contribution in [1.82, 2.24) is 0 Å². The molecule has 0 rings (SSSR count). The van der Waals surface area contributed by atoms with Crippen LogP contribution >= 0.6 is 71.5 Å². The molecule has 0 saturated carbocycles. The van der Waals surface area contributed by atoms with Crippen molar-refractivity contribution in [3.8, 4) is 0 Å². The van der Waals surface area contributed by atoms with Crippen molar-refractivity contribution >= 4 is 90.5 Å². The van der Waals surface area contributed by atoms with Gasteiger partial charge in [0.2, 0.25) is 0 Å². The number of rotatable bonds is 37. The Labute approximate surface area is 639 Å². The number of alkyl halides is 52. The number of thioether (sulfide) groups is 4. The van der Waals surface area contributed by atoms with Crippen molar-refractivity contribution in [1.29, 1.82) is 0 Å². The third-order valence-corrected chi connectivity index (χ3v) is 17.3. The molecule has 0 amide bonds. The highest BCUT2D eigenvalue weighted by Crippen LogP contribution is 2.62. The molecule has 2 N–H and O–H groups in total. The van der Waals surface area contributed by atoms with Crippen LogP contribution in [0.15, 0.2) is 0 Å². The molecule has 117 heavy (non-hydrogen) atoms. The minimum atomic E-state index is -8.87. The summed E-state index contributed by atoms with van der Waals surface area (Å²) in [5.41, 5.74) is 0. The molecule has 0 aliphatic carbocycles. The molecule has 0 spiro atoms. The normalized spacial score (nSPS) is 18.6. The van der Waals surface area contributed by atoms with E-state index >= 15 is 0 Å². The van der Waals surface area contributed by atoms with Gasteiger partial charge in [0.25, 0.3) is 0 Å². The second kappa shape index (κ2) is 39.8. The van der Waals surface area contributed by atoms with Gasteiger partial charge < -0.3 is 29.2 Å². The van der Waals surface area contributed by atoms with Crippen LogP contribution in [0.3, 0.4) is 0 Å². The van der Waals surface area contributed by atoms with E-state index < -0.39 is 206 Å². The Morgan fingerprint density at radius 1 is 0.342 bits per heavy atom. The Morgan fingerprint density at radius 2 is 0.573 bits per heavy atom. The smallest absolute Gasteiger partial charge is 0.458 e. The Balaban J connectivity index is -0.00000196. The minimum absolute atomic E-state index is 0.116. The third kappa shape index (κ3) is 29.6. The number of aliphatic hydroxyl groups is 1. The van der Waals surface area contributed by atoms with Crippen LogP contribution in [0.1, 0.15) is 53.4 Å². The molecule has 71 heteroatoms. The van der Waals surface area contributed by atoms with Crippen molar-refractivity contribution < 1.29 is 291 Å². The largest absolute Gasteiger partial charge is 0.480 e. The van der Waals surface area contributed by atoms with Gasteiger partial charge in [-0.15, -0.1) is 23.5 Å². The zero-order valence-electron chi connectivity index (χ0n) is 54.9. The monoisotopic (exact) mass is 1980 g/mol. The van der Waals surface area contributed by atoms with Crippen molar-refractivity contribution in [2.24, 2.45) is 0 Å². The van der Waals surface area contributed by atoms with E-state index in [-0.39, 0.29) is 3.53 Å². The van der Waals surface area contributed by atoms with Gasteiger partial charge in [-0.1, -0.05) is 74.6 Å². The molecule has 0 aliphatic heterocycles. The molecule has 0 aliphatic rings. The van der Waals surface area contributed by atoms with Gasteiger partial charge >= 0.3 is 157 Å². The maximum Gasteiger partial charge on any atom is 0.458 e. The maximum absolute atomic E-state index is 14.8. The van der Waals surface area contributed by atoms with Crippen LogP contribution in [0.5, 0.6) is 0 Å². The predicted molar refractivity (Wildman–Crippen MR) is 289 cm³/mol. The fourth-order valence-electron chi connectivity index (χ4n) is 5.55. The number of carbonyl (C=O) groups is 2. The number of carbonyl (C=O) groups excluding carboxylic acids is 1. The molecular formula is C46H38F52O13S6. The molecule has 0 aromatic rings. The molecule has 0 fully saturated rings. The summed E-state index contributed by atoms with van der Waals surface area (Å²) in [5.74, 6) is -66.2. The summed E-state index contributed by atoms with van der Waals surface area (Å²) in [6.45, 7) is -8.42. The molecule has 0 bridgehead atoms. The lowest BCUT2D eigenvalue weighted by molar-refractivity contribution is -0.579. The van der Waals surface area contributed by atoms with Gasteiger partial charge in [0, 0.05) is 0 Å². The van der Waals surface area contributed by atoms with Crippen LogP contribution in [0, 0.1) is 0 Å². The Kier molecular flexibility index (Phi) is 40.0. The third-order valence-electron chi connectivity index (χ3n) is 11.8. The standard InChI is InChI=1S/C23H18F26O6S3.C15H6F26O5.C8H14O2S3/c1-3-4-5-57-11(56)58-8(2)10(50)51-6-9(13(26,27)28)53-21(44,45)15(30,19(38,39)40)54-23(48,49)16(31,20(41,42)43)55-22(46,47)14(29,18(35,36)37)52-7-12(24,25)17(32,33)34;16-4(17,9(24,25)26)2-43-6(21,10(27,28)29)14(38,39)46-8(23,12(33,34)35)15(40,41)45-7(22,11(30,31)32)13(36,37)44-3(1-42)5(18,19)20;1-3-4-5-12-8(11)13-6(2)7(9)10/h8-9H,3-7H2,1-2H3;3,42H,1-2H2;6H,3-5H2,1-2H3,(H,9,10). The number of hydrogen-bond acceptors (Lipinski definition) is 18. The van der Waals surface area contributed by atoms with Gasteiger partial charge in [-0.25, -0.2) is 0 Å². The van der Waals surface area contributed by atoms with Gasteiger partial charge in [0.1, 0.15) is 37.4 Å². The minimum Gasteiger partial charge on any atom is -0.480 e. The number of hydrogen-bond donors (Lipinski definition) is 2. The molecule has 0 saturated heterocycles. The Bertz CT molecular complexity index is 3160. The highest BCUT2D eigenvalue weighted by atomic mass is 32.2. The SMILES string of the molecule is CCCCSC(=S)SC(C)C(=O)O.CCCCSC(=S)SC(C)C(=O)OCC(OC(F)(F)C(F)(OC(F)(F)C(F)(OC(F)(F)C(F)(OCC(F)(F)C(F)(F)F)C(F)(F)F)C(F)(F)F)C(F)(F)F)C(F)(F)F.OCC(OC(F)(F)C(F)(OC(F)(F)C(F)(OC(F)(F)C(F)(OCC(F)(F)C(F)(F)F)C(F)(F)F)C(F)(F)F)C(F)(F)F)C(F)(F)F. The van der Waals surface area contributed by atoms with Crippen molar-refractivity contribution in [2.45, 2.75) is 221 Å². The molecule has 0 aromatic carbocycles. The number of ether oxygens (including phenoxy) is 9. The predicted octanol–water partition coefficient (Wildman–Crippen LogP) is 21.8. The lowest BCUT2D eigenvalue weighted by atomic mass is 10.2. The first kappa shape index (κ1) is 118. The Morgan fingerprint density at radius 3 is 0.786 bits per heavy atom. The summed E-state index contributed by atoms with van der Waals surface area (Å²) >= 11 is 13.9. The number of halogens is 52. The van der Waals surface area contributed by atoms with Gasteiger partial charge in [0.15, 0.2) is 12.2 Å². The summed E-state index contributed by atoms with van der Waals surface area (Å²) in [6.07, 6.45) is -135. The second-order valence-electron chi connectivity index (χ2n) is 20.9. The molecule has 10 atom stereocenters. The van der Waals surface area contributed by atoms with Gasteiger partial charge in [0.05, 0.1) is 6.61 Å². The highest BCUT2D eigenvalue weighted by Gasteiger charge is 2.90. The van der Waals surface area contributed by atoms with E-state index in [9.17, 15) is 238 Å². The number of carboxylic acid groups (broad SMARTS) is 1. The lowest BCUT2D eigenvalue weighted by Gasteiger charge is -2.43. The topological polar surface area (TPSA) is 158 Å². The summed E-state index contributed by atoms with van der Waals surface area (Å²) in [5, 5.41) is 14.7. The highest BCUT2D eigenvalue weighted by molar-refractivity contribution is 8.48. The van der Waals surface area contributed by atoms with Crippen LogP contribution in [-0.4, -0.2) is 235 Å². The van der Waals surface area contributed by atoms with E-state index in [1.54, 1.807) is 25.6 Å². The number of thiocarbonyl (C=S) groups is 2. The molecule has 0 radical (unpaired) electrons. The summed E-state index contributed by atoms with van der Waals surface area (Å²) < 4.78 is 711. The zero-order chi connectivity index (χ0) is 94.9. The van der Waals surface area contributed by atoms with Gasteiger partial charge in [-0.05, 0) is 38.2 Å². The van der Waals surface area contributed by atoms with Crippen molar-refractivity contribution in [3.63, 3.8) is 0 Å². The first-order chi connectivity index (χ1) is 50.8. The van der Waals surface area contributed by atoms with Gasteiger partial charge in [-0.3, -0.25) is 33.3 Å². The lowest BCUT2D eigenvalue weighted by Crippen LogP contribution is -2.71. The second-order valence-corrected chi connectivity index (χ2v) is 28.2. The number of esters is 1. The summed E-state index contributed by atoms with van der Waals surface area (Å²) in [6, 6.07) is 0. The van der Waals surface area contributed by atoms with E-state index in [1.165, 1.54) is 26.0 Å². The molecule has 700 valence electrons. The fourth-order valence-corrected chi connectivity index (χ4v) is 10.9. The zero-order valence-corrected chi connectivity index (χ0v) is 59.8. The number of unbranched alkanes of at least 4 members (excludes halogenated alkanes) is 2. The van der Waals surface area contributed by atoms with Gasteiger partial charge in [-0.2, -0.15) is 228 Å². The first-order valence-corrected chi connectivity index (χ1v) is 32.3. The molecule has 10 unspecified atom stereocenters. The molecule has 13 nitrogen and oxygen atoms in total. The van der Waals surface area contributed by atoms with Crippen LogP contribution in [0.25, 0.3) is 0 Å². The summed E-state index contributed by atoms with van der Waals surface area (Å²) in [7, 11) is 0. The maximum atomic E-state index is 14.8. The number of aliphatic carboxylic acids is 1. The average molecular weight is 1980 g/mol. The molecule has 0 heterocycles. The Hall–Kier alpha value is -3.48. The van der Waals surface area contributed by atoms with Crippen molar-refractivity contribution in [2.75, 3.05) is 37.9 Å². The van der Waals surface area contributed by atoms with Crippen LogP contribution in [0.2, 0.25) is 0 Å². The fraction of sp³-hybridized carbons (Fsp3) is 0.913.